The molecule has 0 aliphatic carbocycles. The summed E-state index contributed by atoms with van der Waals surface area (Å²) in [6.45, 7) is 4.57. The first-order valence-corrected chi connectivity index (χ1v) is 7.80. The molecular formula is C19H20ClNO. The van der Waals surface area contributed by atoms with Gasteiger partial charge in [0.15, 0.2) is 0 Å². The Balaban J connectivity index is 2.02. The number of phenols is 1. The van der Waals surface area contributed by atoms with E-state index in [1.807, 2.05) is 36.4 Å². The second-order valence-corrected chi connectivity index (χ2v) is 5.57. The van der Waals surface area contributed by atoms with E-state index in [0.717, 1.165) is 30.6 Å². The summed E-state index contributed by atoms with van der Waals surface area (Å²) in [7, 11) is 0. The molecule has 0 spiro atoms. The summed E-state index contributed by atoms with van der Waals surface area (Å²) in [5.74, 6) is 6.62. The fourth-order valence-corrected chi connectivity index (χ4v) is 2.44. The molecule has 0 fully saturated rings. The van der Waals surface area contributed by atoms with Gasteiger partial charge in [0.1, 0.15) is 5.75 Å². The molecule has 114 valence electrons. The van der Waals surface area contributed by atoms with Gasteiger partial charge in [0.25, 0.3) is 0 Å². The van der Waals surface area contributed by atoms with Gasteiger partial charge in [-0.3, -0.25) is 4.90 Å². The van der Waals surface area contributed by atoms with Gasteiger partial charge in [-0.2, -0.15) is 0 Å². The van der Waals surface area contributed by atoms with E-state index in [1.54, 1.807) is 12.1 Å². The lowest BCUT2D eigenvalue weighted by atomic mass is 10.2. The monoisotopic (exact) mass is 313 g/mol. The van der Waals surface area contributed by atoms with E-state index in [9.17, 15) is 5.11 Å². The van der Waals surface area contributed by atoms with Crippen molar-refractivity contribution in [3.8, 4) is 17.6 Å². The average Bonchev–Trinajstić information content (AvgIpc) is 2.49. The molecule has 0 saturated heterocycles. The second-order valence-electron chi connectivity index (χ2n) is 5.16. The number of phenolic OH excluding ortho intramolecular Hbond substituents is 1. The van der Waals surface area contributed by atoms with Gasteiger partial charge in [0, 0.05) is 12.1 Å². The van der Waals surface area contributed by atoms with E-state index >= 15 is 0 Å². The number of hydrogen-bond acceptors (Lipinski definition) is 2. The molecule has 0 heterocycles. The fourth-order valence-electron chi connectivity index (χ4n) is 2.25. The number of aromatic hydroxyl groups is 1. The zero-order valence-corrected chi connectivity index (χ0v) is 13.5. The van der Waals surface area contributed by atoms with Crippen molar-refractivity contribution < 1.29 is 5.11 Å². The van der Waals surface area contributed by atoms with Gasteiger partial charge >= 0.3 is 0 Å². The Morgan fingerprint density at radius 1 is 1.14 bits per heavy atom. The minimum Gasteiger partial charge on any atom is -0.508 e. The zero-order valence-electron chi connectivity index (χ0n) is 12.7. The molecule has 0 bridgehead atoms. The van der Waals surface area contributed by atoms with Crippen molar-refractivity contribution in [1.29, 1.82) is 0 Å². The topological polar surface area (TPSA) is 23.5 Å². The number of rotatable bonds is 5. The van der Waals surface area contributed by atoms with Crippen molar-refractivity contribution >= 4 is 11.6 Å². The molecule has 0 aliphatic rings. The fraction of sp³-hybridized carbons (Fsp3) is 0.263. The van der Waals surface area contributed by atoms with Crippen molar-refractivity contribution in [3.63, 3.8) is 0 Å². The van der Waals surface area contributed by atoms with Crippen molar-refractivity contribution in [3.05, 3.63) is 64.7 Å². The molecule has 2 aromatic carbocycles. The maximum atomic E-state index is 9.55. The van der Waals surface area contributed by atoms with Gasteiger partial charge in [-0.25, -0.2) is 0 Å². The summed E-state index contributed by atoms with van der Waals surface area (Å²) < 4.78 is 0. The Labute approximate surface area is 137 Å². The highest BCUT2D eigenvalue weighted by Crippen LogP contribution is 2.14. The Morgan fingerprint density at radius 3 is 2.68 bits per heavy atom. The summed E-state index contributed by atoms with van der Waals surface area (Å²) >= 11 is 6.10. The van der Waals surface area contributed by atoms with Gasteiger partial charge in [-0.05, 0) is 42.8 Å². The van der Waals surface area contributed by atoms with E-state index in [2.05, 4.69) is 23.7 Å². The highest BCUT2D eigenvalue weighted by molar-refractivity contribution is 6.31. The summed E-state index contributed by atoms with van der Waals surface area (Å²) in [6, 6.07) is 15.0. The molecule has 1 N–H and O–H groups in total. The maximum absolute atomic E-state index is 9.55. The Bertz CT molecular complexity index is 672. The summed E-state index contributed by atoms with van der Waals surface area (Å²) in [4.78, 5) is 2.26. The van der Waals surface area contributed by atoms with Crippen LogP contribution < -0.4 is 0 Å². The smallest absolute Gasteiger partial charge is 0.115 e. The third-order valence-electron chi connectivity index (χ3n) is 3.26. The minimum absolute atomic E-state index is 0.302. The molecule has 0 radical (unpaired) electrons. The van der Waals surface area contributed by atoms with Gasteiger partial charge < -0.3 is 5.11 Å². The third kappa shape index (κ3) is 5.11. The first-order valence-electron chi connectivity index (χ1n) is 7.42. The first kappa shape index (κ1) is 16.4. The van der Waals surface area contributed by atoms with Crippen molar-refractivity contribution in [2.75, 3.05) is 13.1 Å². The van der Waals surface area contributed by atoms with E-state index in [0.29, 0.717) is 17.3 Å². The Hall–Kier alpha value is -1.95. The molecule has 22 heavy (non-hydrogen) atoms. The molecule has 2 aromatic rings. The van der Waals surface area contributed by atoms with Crippen LogP contribution in [-0.2, 0) is 6.54 Å². The maximum Gasteiger partial charge on any atom is 0.115 e. The molecule has 0 aromatic heterocycles. The van der Waals surface area contributed by atoms with Gasteiger partial charge in [0.05, 0.1) is 11.6 Å². The number of hydrogen-bond donors (Lipinski definition) is 1. The third-order valence-corrected chi connectivity index (χ3v) is 3.59. The van der Waals surface area contributed by atoms with Crippen LogP contribution in [0, 0.1) is 11.8 Å². The molecule has 0 saturated carbocycles. The highest BCUT2D eigenvalue weighted by atomic mass is 35.5. The number of nitrogens with zero attached hydrogens (tertiary/aromatic N) is 1. The number of halogens is 1. The van der Waals surface area contributed by atoms with Crippen molar-refractivity contribution in [2.45, 2.75) is 19.9 Å². The highest BCUT2D eigenvalue weighted by Gasteiger charge is 2.04. The zero-order chi connectivity index (χ0) is 15.8. The van der Waals surface area contributed by atoms with Gasteiger partial charge in [-0.15, -0.1) is 0 Å². The summed E-state index contributed by atoms with van der Waals surface area (Å²) in [6.07, 6.45) is 1.06. The van der Waals surface area contributed by atoms with Crippen LogP contribution in [0.1, 0.15) is 24.5 Å². The van der Waals surface area contributed by atoms with Crippen LogP contribution in [-0.4, -0.2) is 23.1 Å². The van der Waals surface area contributed by atoms with Crippen LogP contribution in [0.15, 0.2) is 48.5 Å². The molecule has 0 atom stereocenters. The lowest BCUT2D eigenvalue weighted by molar-refractivity contribution is 0.299. The van der Waals surface area contributed by atoms with Crippen LogP contribution in [0.5, 0.6) is 5.75 Å². The van der Waals surface area contributed by atoms with Crippen LogP contribution in [0.25, 0.3) is 0 Å². The minimum atomic E-state index is 0.302. The van der Waals surface area contributed by atoms with E-state index in [1.165, 1.54) is 0 Å². The molecule has 0 amide bonds. The Morgan fingerprint density at radius 2 is 1.95 bits per heavy atom. The molecule has 0 unspecified atom stereocenters. The largest absolute Gasteiger partial charge is 0.508 e. The standard InChI is InChI=1S/C19H20ClNO/c1-2-12-21(15-16-7-5-10-18(22)14-16)13-6-9-17-8-3-4-11-19(17)20/h3-5,7-8,10-11,14,22H,2,12-13,15H2,1H3. The van der Waals surface area contributed by atoms with Crippen molar-refractivity contribution in [1.82, 2.24) is 4.90 Å². The lowest BCUT2D eigenvalue weighted by Gasteiger charge is -2.19. The van der Waals surface area contributed by atoms with Crippen LogP contribution in [0.4, 0.5) is 0 Å². The average molecular weight is 314 g/mol. The van der Waals surface area contributed by atoms with Gasteiger partial charge in [0.2, 0.25) is 0 Å². The normalized spacial score (nSPS) is 10.3. The predicted octanol–water partition coefficient (Wildman–Crippen LogP) is 4.31. The van der Waals surface area contributed by atoms with E-state index < -0.39 is 0 Å². The molecule has 3 heteroatoms. The lowest BCUT2D eigenvalue weighted by Crippen LogP contribution is -2.24. The predicted molar refractivity (Wildman–Crippen MR) is 92.0 cm³/mol. The SMILES string of the molecule is CCCN(CC#Cc1ccccc1Cl)Cc1cccc(O)c1. The van der Waals surface area contributed by atoms with E-state index in [4.69, 9.17) is 11.6 Å². The van der Waals surface area contributed by atoms with E-state index in [-0.39, 0.29) is 0 Å². The van der Waals surface area contributed by atoms with Crippen LogP contribution in [0.3, 0.4) is 0 Å². The molecular weight excluding hydrogens is 294 g/mol. The molecule has 2 rings (SSSR count). The summed E-state index contributed by atoms with van der Waals surface area (Å²) in [5.41, 5.74) is 1.95. The molecule has 2 nitrogen and oxygen atoms in total. The van der Waals surface area contributed by atoms with Crippen LogP contribution >= 0.6 is 11.6 Å². The quantitative estimate of drug-likeness (QED) is 0.831. The van der Waals surface area contributed by atoms with Gasteiger partial charge in [-0.1, -0.05) is 54.6 Å². The van der Waals surface area contributed by atoms with Crippen LogP contribution in [0.2, 0.25) is 5.02 Å². The number of benzene rings is 2. The first-order chi connectivity index (χ1) is 10.7. The van der Waals surface area contributed by atoms with Crippen molar-refractivity contribution in [2.24, 2.45) is 0 Å². The summed E-state index contributed by atoms with van der Waals surface area (Å²) in [5, 5.41) is 10.2. The Kier molecular flexibility index (Phi) is 6.33. The molecule has 0 aliphatic heterocycles. The second kappa shape index (κ2) is 8.48.